The van der Waals surface area contributed by atoms with E-state index in [1.165, 1.54) is 0 Å². The van der Waals surface area contributed by atoms with Gasteiger partial charge in [-0.1, -0.05) is 146 Å². The molecule has 7 rings (SSSR count). The average molecular weight is 711 g/mol. The summed E-state index contributed by atoms with van der Waals surface area (Å²) in [5.74, 6) is 0.633. The Hall–Kier alpha value is -4.86. The maximum atomic E-state index is 10.6. The van der Waals surface area contributed by atoms with Crippen LogP contribution in [0.15, 0.2) is 152 Å². The summed E-state index contributed by atoms with van der Waals surface area (Å²) in [4.78, 5) is 0. The minimum absolute atomic E-state index is 0.205. The van der Waals surface area contributed by atoms with Gasteiger partial charge in [0, 0.05) is 10.9 Å². The number of benzene rings is 6. The normalized spacial score (nSPS) is 20.0. The van der Waals surface area contributed by atoms with Crippen LogP contribution in [0.5, 0.6) is 5.75 Å². The third-order valence-corrected chi connectivity index (χ3v) is 9.67. The van der Waals surface area contributed by atoms with Crippen LogP contribution in [0.3, 0.4) is 0 Å². The van der Waals surface area contributed by atoms with Crippen molar-refractivity contribution in [3.8, 4) is 5.75 Å². The lowest BCUT2D eigenvalue weighted by Crippen LogP contribution is -2.58. The van der Waals surface area contributed by atoms with Gasteiger partial charge in [-0.15, -0.1) is 0 Å². The van der Waals surface area contributed by atoms with E-state index in [9.17, 15) is 5.11 Å². The van der Waals surface area contributed by atoms with Gasteiger partial charge in [0.05, 0.1) is 46.8 Å². The van der Waals surface area contributed by atoms with Gasteiger partial charge in [-0.05, 0) is 39.3 Å². The maximum Gasteiger partial charge on any atom is 0.132 e. The van der Waals surface area contributed by atoms with E-state index in [0.29, 0.717) is 37.7 Å². The highest BCUT2D eigenvalue weighted by Crippen LogP contribution is 2.43. The molecule has 0 bridgehead atoms. The molecule has 272 valence electrons. The number of fused-ring (bicyclic) bond motifs is 1. The summed E-state index contributed by atoms with van der Waals surface area (Å²) in [7, 11) is 1.63. The maximum absolute atomic E-state index is 10.6. The monoisotopic (exact) mass is 710 g/mol. The van der Waals surface area contributed by atoms with Gasteiger partial charge in [0.25, 0.3) is 0 Å². The van der Waals surface area contributed by atoms with Gasteiger partial charge in [-0.3, -0.25) is 0 Å². The number of hydrogen-bond acceptors (Lipinski definition) is 7. The Bertz CT molecular complexity index is 1990. The zero-order chi connectivity index (χ0) is 36.2. The fourth-order valence-corrected chi connectivity index (χ4v) is 7.07. The van der Waals surface area contributed by atoms with E-state index < -0.39 is 30.5 Å². The molecule has 0 radical (unpaired) electrons. The van der Waals surface area contributed by atoms with Gasteiger partial charge in [-0.25, -0.2) is 0 Å². The van der Waals surface area contributed by atoms with E-state index in [-0.39, 0.29) is 13.2 Å². The topological polar surface area (TPSA) is 75.6 Å². The van der Waals surface area contributed by atoms with Crippen molar-refractivity contribution in [3.63, 3.8) is 0 Å². The van der Waals surface area contributed by atoms with Gasteiger partial charge >= 0.3 is 0 Å². The van der Waals surface area contributed by atoms with Crippen LogP contribution >= 0.6 is 0 Å². The predicted octanol–water partition coefficient (Wildman–Crippen LogP) is 8.75. The first-order valence-corrected chi connectivity index (χ1v) is 18.1. The summed E-state index contributed by atoms with van der Waals surface area (Å²) in [6.07, 6.45) is -2.92. The second-order valence-electron chi connectivity index (χ2n) is 13.2. The minimum Gasteiger partial charge on any atom is -0.496 e. The van der Waals surface area contributed by atoms with Crippen molar-refractivity contribution >= 4 is 10.8 Å². The van der Waals surface area contributed by atoms with E-state index in [2.05, 4.69) is 42.5 Å². The van der Waals surface area contributed by atoms with Crippen LogP contribution in [0.4, 0.5) is 0 Å². The van der Waals surface area contributed by atoms with Gasteiger partial charge < -0.3 is 33.5 Å². The zero-order valence-corrected chi connectivity index (χ0v) is 30.0. The van der Waals surface area contributed by atoms with Crippen molar-refractivity contribution in [2.45, 2.75) is 63.6 Å². The number of aliphatic hydroxyl groups excluding tert-OH is 1. The molecular weight excluding hydrogens is 664 g/mol. The van der Waals surface area contributed by atoms with Gasteiger partial charge in [0.15, 0.2) is 0 Å². The molecule has 5 unspecified atom stereocenters. The first-order chi connectivity index (χ1) is 26.2. The number of aliphatic hydroxyl groups is 1. The average Bonchev–Trinajstić information content (AvgIpc) is 3.22. The second kappa shape index (κ2) is 18.3. The van der Waals surface area contributed by atoms with Gasteiger partial charge in [-0.2, -0.15) is 0 Å². The fourth-order valence-electron chi connectivity index (χ4n) is 7.07. The van der Waals surface area contributed by atoms with Crippen molar-refractivity contribution in [2.24, 2.45) is 0 Å². The first-order valence-electron chi connectivity index (χ1n) is 18.1. The Balaban J connectivity index is 1.32. The smallest absolute Gasteiger partial charge is 0.132 e. The molecule has 53 heavy (non-hydrogen) atoms. The van der Waals surface area contributed by atoms with E-state index in [0.717, 1.165) is 38.6 Å². The molecule has 1 N–H and O–H groups in total. The van der Waals surface area contributed by atoms with Gasteiger partial charge in [0.2, 0.25) is 0 Å². The molecule has 0 aromatic heterocycles. The summed E-state index contributed by atoms with van der Waals surface area (Å²) in [6, 6.07) is 50.5. The molecule has 0 amide bonds. The molecule has 7 heteroatoms. The standard InChI is InChI=1S/C46H46O7/c1-48-42-37(27-47)26-40(38-24-14-15-25-39(38)42)43-45(51-30-35-20-10-4-11-21-35)46(52-31-36-22-12-5-13-23-36)44(50-29-34-18-8-3-9-19-34)41(53-43)32-49-28-33-16-6-2-7-17-33/h2-26,41,43-47H,27-32H2,1H3. The number of rotatable bonds is 16. The lowest BCUT2D eigenvalue weighted by Gasteiger charge is -2.46. The highest BCUT2D eigenvalue weighted by atomic mass is 16.6. The predicted molar refractivity (Wildman–Crippen MR) is 205 cm³/mol. The molecule has 5 atom stereocenters. The lowest BCUT2D eigenvalue weighted by atomic mass is 9.87. The van der Waals surface area contributed by atoms with E-state index in [4.69, 9.17) is 28.4 Å². The molecule has 1 aliphatic heterocycles. The fraction of sp³-hybridized carbons (Fsp3) is 0.261. The van der Waals surface area contributed by atoms with Crippen LogP contribution in [0.2, 0.25) is 0 Å². The molecule has 1 aliphatic rings. The largest absolute Gasteiger partial charge is 0.496 e. The molecule has 0 aliphatic carbocycles. The van der Waals surface area contributed by atoms with E-state index >= 15 is 0 Å². The Labute approximate surface area is 311 Å². The van der Waals surface area contributed by atoms with Crippen LogP contribution in [0.25, 0.3) is 10.8 Å². The van der Waals surface area contributed by atoms with Crippen LogP contribution < -0.4 is 4.74 Å². The van der Waals surface area contributed by atoms with Gasteiger partial charge in [0.1, 0.15) is 36.3 Å². The van der Waals surface area contributed by atoms with Crippen LogP contribution in [-0.4, -0.2) is 43.2 Å². The summed E-state index contributed by atoms with van der Waals surface area (Å²) in [6.45, 7) is 1.49. The molecule has 7 nitrogen and oxygen atoms in total. The van der Waals surface area contributed by atoms with Crippen molar-refractivity contribution in [2.75, 3.05) is 13.7 Å². The summed E-state index contributed by atoms with van der Waals surface area (Å²) < 4.78 is 40.2. The van der Waals surface area contributed by atoms with Crippen molar-refractivity contribution in [3.05, 3.63) is 185 Å². The number of methoxy groups -OCH3 is 1. The molecule has 1 fully saturated rings. The molecule has 0 saturated carbocycles. The Morgan fingerprint density at radius 2 is 0.981 bits per heavy atom. The quantitative estimate of drug-likeness (QED) is 0.108. The zero-order valence-electron chi connectivity index (χ0n) is 30.0. The van der Waals surface area contributed by atoms with Crippen molar-refractivity contribution < 1.29 is 33.5 Å². The highest BCUT2D eigenvalue weighted by Gasteiger charge is 2.49. The summed E-state index contributed by atoms with van der Waals surface area (Å²) >= 11 is 0. The lowest BCUT2D eigenvalue weighted by molar-refractivity contribution is -0.274. The molecule has 6 aromatic rings. The summed E-state index contributed by atoms with van der Waals surface area (Å²) in [5.41, 5.74) is 5.69. The van der Waals surface area contributed by atoms with Crippen LogP contribution in [-0.2, 0) is 56.7 Å². The number of hydrogen-bond donors (Lipinski definition) is 1. The Morgan fingerprint density at radius 1 is 0.528 bits per heavy atom. The van der Waals surface area contributed by atoms with Crippen LogP contribution in [0.1, 0.15) is 39.5 Å². The molecule has 6 aromatic carbocycles. The SMILES string of the molecule is COc1c(CO)cc(C2OC(COCc3ccccc3)C(OCc3ccccc3)C(OCc3ccccc3)C2OCc2ccccc2)c2ccccc12. The van der Waals surface area contributed by atoms with Crippen LogP contribution in [0, 0.1) is 0 Å². The molecule has 1 saturated heterocycles. The van der Waals surface area contributed by atoms with E-state index in [1.807, 2.05) is 109 Å². The first kappa shape index (κ1) is 36.5. The van der Waals surface area contributed by atoms with Crippen molar-refractivity contribution in [1.29, 1.82) is 0 Å². The van der Waals surface area contributed by atoms with E-state index in [1.54, 1.807) is 7.11 Å². The third kappa shape index (κ3) is 9.03. The Kier molecular flexibility index (Phi) is 12.6. The molecule has 0 spiro atoms. The third-order valence-electron chi connectivity index (χ3n) is 9.67. The summed E-state index contributed by atoms with van der Waals surface area (Å²) in [5, 5.41) is 12.4. The van der Waals surface area contributed by atoms with Crippen molar-refractivity contribution in [1.82, 2.24) is 0 Å². The second-order valence-corrected chi connectivity index (χ2v) is 13.2. The minimum atomic E-state index is -0.623. The Morgan fingerprint density at radius 3 is 1.49 bits per heavy atom. The number of ether oxygens (including phenoxy) is 6. The molecular formula is C46H46O7. The highest BCUT2D eigenvalue weighted by molar-refractivity contribution is 5.92. The molecule has 1 heterocycles.